The zero-order valence-electron chi connectivity index (χ0n) is 46.8. The van der Waals surface area contributed by atoms with Gasteiger partial charge in [0.05, 0.1) is 60.2 Å². The summed E-state index contributed by atoms with van der Waals surface area (Å²) in [7, 11) is -8.85. The van der Waals surface area contributed by atoms with E-state index in [1.165, 1.54) is 124 Å². The summed E-state index contributed by atoms with van der Waals surface area (Å²) in [5, 5.41) is 14.6. The smallest absolute Gasteiger partial charge is 0.217 e. The van der Waals surface area contributed by atoms with Crippen LogP contribution in [0.5, 0.6) is 0 Å². The minimum atomic E-state index is -4.42. The second-order valence-electron chi connectivity index (χ2n) is 20.0. The zero-order chi connectivity index (χ0) is 57.6. The molecule has 6 aromatic rings. The normalized spacial score (nSPS) is 20.5. The number of quaternary nitrogens is 2. The second kappa shape index (κ2) is 34.8. The average Bonchev–Trinajstić information content (AvgIpc) is 3.47. The number of fused-ring (bicyclic) bond motifs is 6. The fraction of sp³-hybridized carbons (Fsp3) is 0.419. The van der Waals surface area contributed by atoms with Crippen LogP contribution in [0.15, 0.2) is 158 Å². The van der Waals surface area contributed by atoms with Crippen molar-refractivity contribution in [2.45, 2.75) is 156 Å². The van der Waals surface area contributed by atoms with Crippen molar-refractivity contribution in [3.63, 3.8) is 0 Å². The standard InChI is InChI=1S/C54H62N6.2C2H3N.2C2H6O4S/c1-5-19-43(20-6-1)35-57-39-47-27-17-28-48(55-47)41-59(37-45-23-9-3-10-24-45)53-33-15-16-34-54(53)60(38-46-25-11-4-12-26-46)42-50-30-18-29-49(56-50)40-58(36-44-21-7-2-8-22-44)52-32-14-13-31-51(52)57;2*1-2-3;2*1-2-6-7(3,4)5/h1-12,17-30,51-54H,13-16,31-42H2;2*1H3;2*2H2,1H3,(H,3,4,5)/t51-,52-,53-,54-;;;;/m1..../s1. The van der Waals surface area contributed by atoms with Crippen molar-refractivity contribution in [3.8, 4) is 12.1 Å². The molecule has 3 heterocycles. The van der Waals surface area contributed by atoms with Crippen LogP contribution in [-0.2, 0) is 81.5 Å². The molecular weight excluding hydrogens is 1050 g/mol. The Morgan fingerprint density at radius 2 is 0.787 bits per heavy atom. The molecule has 2 unspecified atom stereocenters. The van der Waals surface area contributed by atoms with E-state index in [0.717, 1.165) is 52.4 Å². The molecule has 16 nitrogen and oxygen atoms in total. The molecule has 9 rings (SSSR count). The van der Waals surface area contributed by atoms with E-state index in [9.17, 15) is 25.9 Å². The highest BCUT2D eigenvalue weighted by Gasteiger charge is 2.40. The Bertz CT molecular complexity index is 2650. The van der Waals surface area contributed by atoms with Gasteiger partial charge in [-0.1, -0.05) is 146 Å². The summed E-state index contributed by atoms with van der Waals surface area (Å²) in [5.41, 5.74) is 10.4. The van der Waals surface area contributed by atoms with Crippen LogP contribution in [-0.4, -0.2) is 83.1 Å². The van der Waals surface area contributed by atoms with Gasteiger partial charge in [0.15, 0.2) is 0 Å². The summed E-state index contributed by atoms with van der Waals surface area (Å²) in [4.78, 5) is 20.1. The third-order valence-corrected chi connectivity index (χ3v) is 15.3. The van der Waals surface area contributed by atoms with E-state index < -0.39 is 20.8 Å². The molecule has 6 atom stereocenters. The lowest BCUT2D eigenvalue weighted by Gasteiger charge is -2.43. The molecule has 428 valence electrons. The molecule has 3 aliphatic rings. The van der Waals surface area contributed by atoms with Gasteiger partial charge in [-0.3, -0.25) is 28.1 Å². The summed E-state index contributed by atoms with van der Waals surface area (Å²) < 4.78 is 64.0. The Morgan fingerprint density at radius 3 is 1.09 bits per heavy atom. The van der Waals surface area contributed by atoms with E-state index in [1.807, 2.05) is 0 Å². The molecule has 2 fully saturated rings. The number of benzene rings is 4. The molecule has 0 spiro atoms. The summed E-state index contributed by atoms with van der Waals surface area (Å²) in [6.45, 7) is 12.9. The lowest BCUT2D eigenvalue weighted by Crippen LogP contribution is -3.15. The number of rotatable bonds is 12. The monoisotopic (exact) mass is 1130 g/mol. The quantitative estimate of drug-likeness (QED) is 0.0876. The fourth-order valence-corrected chi connectivity index (χ4v) is 11.8. The predicted octanol–water partition coefficient (Wildman–Crippen LogP) is 8.01. The van der Waals surface area contributed by atoms with Gasteiger partial charge in [-0.15, -0.1) is 0 Å². The molecule has 2 aromatic heterocycles. The molecule has 2 aliphatic carbocycles. The van der Waals surface area contributed by atoms with Crippen LogP contribution in [0.25, 0.3) is 0 Å². The number of nitriles is 2. The highest BCUT2D eigenvalue weighted by atomic mass is 32.3. The van der Waals surface area contributed by atoms with Crippen LogP contribution < -0.4 is 9.80 Å². The van der Waals surface area contributed by atoms with Gasteiger partial charge in [-0.05, 0) is 74.9 Å². The molecule has 0 saturated heterocycles. The van der Waals surface area contributed by atoms with Gasteiger partial charge in [-0.2, -0.15) is 10.5 Å². The molecule has 2 saturated carbocycles. The summed E-state index contributed by atoms with van der Waals surface area (Å²) in [6.07, 6.45) is 9.93. The third kappa shape index (κ3) is 23.4. The number of nitrogens with one attached hydrogen (secondary N) is 2. The van der Waals surface area contributed by atoms with Crippen molar-refractivity contribution >= 4 is 20.8 Å². The second-order valence-corrected chi connectivity index (χ2v) is 22.1. The summed E-state index contributed by atoms with van der Waals surface area (Å²) in [5.74, 6) is 0. The predicted molar refractivity (Wildman–Crippen MR) is 307 cm³/mol. The molecule has 1 aliphatic heterocycles. The number of hydrogen-bond donors (Lipinski definition) is 2. The topological polar surface area (TPSA) is 222 Å². The Balaban J connectivity index is 0.000000506. The van der Waals surface area contributed by atoms with Crippen molar-refractivity contribution < 1.29 is 44.1 Å². The lowest BCUT2D eigenvalue weighted by atomic mass is 9.86. The van der Waals surface area contributed by atoms with Gasteiger partial charge >= 0.3 is 0 Å². The molecule has 0 radical (unpaired) electrons. The van der Waals surface area contributed by atoms with E-state index in [0.29, 0.717) is 24.2 Å². The van der Waals surface area contributed by atoms with Crippen LogP contribution in [0.3, 0.4) is 0 Å². The highest BCUT2D eigenvalue weighted by molar-refractivity contribution is 7.81. The Labute approximate surface area is 476 Å². The number of aromatic nitrogens is 2. The maximum absolute atomic E-state index is 9.45. The average molecular weight is 1130 g/mol. The first-order valence-corrected chi connectivity index (χ1v) is 30.4. The molecule has 4 bridgehead atoms. The maximum atomic E-state index is 9.45. The molecule has 2 N–H and O–H groups in total. The number of hydrogen-bond acceptors (Lipinski definition) is 14. The van der Waals surface area contributed by atoms with Gasteiger partial charge in [0.25, 0.3) is 0 Å². The minimum Gasteiger partial charge on any atom is -0.726 e. The SMILES string of the molecule is CC#N.CC#N.CCOS(=O)(=O)[O-].CCOS(=O)(=O)[O-].c1ccc(CN2Cc3cccc(n3)C[NH+](Cc3ccccc3)[C@@H]3CCCC[C@H]3N(Cc3ccccc3)Cc3cccc(n3)C[NH+](Cc3ccccc3)[C@@H]3CCCC[C@H]32)cc1. The van der Waals surface area contributed by atoms with Gasteiger partial charge in [0, 0.05) is 64.0 Å². The first-order chi connectivity index (χ1) is 38.6. The molecule has 80 heavy (non-hydrogen) atoms. The third-order valence-electron chi connectivity index (χ3n) is 14.3. The largest absolute Gasteiger partial charge is 0.726 e. The highest BCUT2D eigenvalue weighted by Crippen LogP contribution is 2.28. The maximum Gasteiger partial charge on any atom is 0.217 e. The zero-order valence-corrected chi connectivity index (χ0v) is 48.4. The fourth-order valence-electron chi connectivity index (χ4n) is 11.2. The first kappa shape index (κ1) is 64.6. The lowest BCUT2D eigenvalue weighted by molar-refractivity contribution is -0.956. The van der Waals surface area contributed by atoms with Crippen molar-refractivity contribution in [1.29, 1.82) is 10.5 Å². The van der Waals surface area contributed by atoms with Crippen molar-refractivity contribution in [2.75, 3.05) is 13.2 Å². The number of pyridine rings is 2. The molecule has 0 amide bonds. The van der Waals surface area contributed by atoms with E-state index in [-0.39, 0.29) is 13.2 Å². The van der Waals surface area contributed by atoms with Gasteiger partial charge in [-0.25, -0.2) is 16.8 Å². The van der Waals surface area contributed by atoms with Crippen LogP contribution in [0.1, 0.15) is 124 Å². The van der Waals surface area contributed by atoms with Crippen LogP contribution in [0.4, 0.5) is 0 Å². The van der Waals surface area contributed by atoms with Crippen LogP contribution in [0, 0.1) is 22.7 Å². The molecule has 18 heteroatoms. The van der Waals surface area contributed by atoms with Gasteiger partial charge in [0.1, 0.15) is 38.3 Å². The van der Waals surface area contributed by atoms with E-state index in [1.54, 1.807) is 21.9 Å². The molecular formula is C62H80N8O8S2. The van der Waals surface area contributed by atoms with Crippen molar-refractivity contribution in [1.82, 2.24) is 19.8 Å². The van der Waals surface area contributed by atoms with Crippen LogP contribution >= 0.6 is 0 Å². The Hall–Kier alpha value is -6.26. The summed E-state index contributed by atoms with van der Waals surface area (Å²) >= 11 is 0. The van der Waals surface area contributed by atoms with Crippen LogP contribution in [0.2, 0.25) is 0 Å². The van der Waals surface area contributed by atoms with Crippen molar-refractivity contribution in [3.05, 3.63) is 203 Å². The van der Waals surface area contributed by atoms with Gasteiger partial charge < -0.3 is 18.9 Å². The number of nitrogens with zero attached hydrogens (tertiary/aromatic N) is 6. The molecule has 4 aromatic carbocycles. The van der Waals surface area contributed by atoms with E-state index in [2.05, 4.69) is 176 Å². The van der Waals surface area contributed by atoms with Gasteiger partial charge in [0.2, 0.25) is 20.8 Å². The Kier molecular flexibility index (Phi) is 28.1. The van der Waals surface area contributed by atoms with E-state index >= 15 is 0 Å². The Morgan fingerprint density at radius 1 is 0.487 bits per heavy atom. The summed E-state index contributed by atoms with van der Waals surface area (Å²) in [6, 6.07) is 63.8. The van der Waals surface area contributed by atoms with E-state index in [4.69, 9.17) is 20.5 Å². The van der Waals surface area contributed by atoms with Crippen molar-refractivity contribution in [2.24, 2.45) is 0 Å². The first-order valence-electron chi connectivity index (χ1n) is 27.7. The minimum absolute atomic E-state index is 0.0914.